The van der Waals surface area contributed by atoms with E-state index < -0.39 is 0 Å². The Morgan fingerprint density at radius 1 is 1.44 bits per heavy atom. The molecule has 0 aliphatic heterocycles. The maximum Gasteiger partial charge on any atom is 0.286 e. The average molecular weight is 241 g/mol. The minimum Gasteiger partial charge on any atom is -0.618 e. The predicted octanol–water partition coefficient (Wildman–Crippen LogP) is 1.65. The summed E-state index contributed by atoms with van der Waals surface area (Å²) in [6.45, 7) is 0. The number of amides is 1. The van der Waals surface area contributed by atoms with Gasteiger partial charge in [-0.3, -0.25) is 4.79 Å². The lowest BCUT2D eigenvalue weighted by molar-refractivity contribution is -0.603. The summed E-state index contributed by atoms with van der Waals surface area (Å²) in [4.78, 5) is 11.8. The quantitative estimate of drug-likeness (QED) is 0.486. The summed E-state index contributed by atoms with van der Waals surface area (Å²) in [5, 5.41) is 14.2. The van der Waals surface area contributed by atoms with Crippen LogP contribution in [0.1, 0.15) is 36.0 Å². The van der Waals surface area contributed by atoms with Crippen LogP contribution in [0.4, 0.5) is 0 Å². The van der Waals surface area contributed by atoms with Crippen LogP contribution in [0.15, 0.2) is 18.3 Å². The van der Waals surface area contributed by atoms with Gasteiger partial charge < -0.3 is 10.5 Å². The Labute approximate surface area is 98.8 Å². The second-order valence-corrected chi connectivity index (χ2v) is 4.41. The first-order valence-corrected chi connectivity index (χ1v) is 5.74. The summed E-state index contributed by atoms with van der Waals surface area (Å²) in [7, 11) is 0. The van der Waals surface area contributed by atoms with Crippen molar-refractivity contribution in [3.8, 4) is 0 Å². The molecule has 1 aromatic rings. The van der Waals surface area contributed by atoms with Crippen molar-refractivity contribution in [2.24, 2.45) is 0 Å². The Kier molecular flexibility index (Phi) is 3.29. The molecule has 1 fully saturated rings. The molecule has 1 heterocycles. The van der Waals surface area contributed by atoms with Gasteiger partial charge in [0.1, 0.15) is 5.56 Å². The van der Waals surface area contributed by atoms with Crippen LogP contribution < -0.4 is 10.0 Å². The summed E-state index contributed by atoms with van der Waals surface area (Å²) in [6, 6.07) is 3.24. The van der Waals surface area contributed by atoms with Crippen molar-refractivity contribution in [3.05, 3.63) is 34.3 Å². The number of carbonyl (C=O) groups is 1. The Hall–Kier alpha value is -1.29. The number of halogens is 1. The van der Waals surface area contributed by atoms with Crippen LogP contribution >= 0.6 is 11.6 Å². The molecular formula is C11H13ClN2O2. The van der Waals surface area contributed by atoms with E-state index >= 15 is 0 Å². The van der Waals surface area contributed by atoms with E-state index in [4.69, 9.17) is 11.6 Å². The average Bonchev–Trinajstić information content (AvgIpc) is 2.74. The minimum absolute atomic E-state index is 0.0671. The van der Waals surface area contributed by atoms with E-state index in [0.29, 0.717) is 10.3 Å². The third kappa shape index (κ3) is 2.44. The fourth-order valence-electron chi connectivity index (χ4n) is 1.94. The van der Waals surface area contributed by atoms with Gasteiger partial charge in [0.05, 0.1) is 0 Å². The number of aromatic nitrogens is 1. The molecule has 5 heteroatoms. The molecule has 1 aliphatic rings. The van der Waals surface area contributed by atoms with Crippen molar-refractivity contribution in [3.63, 3.8) is 0 Å². The highest BCUT2D eigenvalue weighted by atomic mass is 35.5. The van der Waals surface area contributed by atoms with E-state index in [1.54, 1.807) is 6.07 Å². The van der Waals surface area contributed by atoms with Crippen LogP contribution in [0.5, 0.6) is 0 Å². The molecule has 0 radical (unpaired) electrons. The van der Waals surface area contributed by atoms with E-state index in [1.165, 1.54) is 12.3 Å². The van der Waals surface area contributed by atoms with Crippen LogP contribution in [0.25, 0.3) is 0 Å². The first-order chi connectivity index (χ1) is 7.66. The lowest BCUT2D eigenvalue weighted by Crippen LogP contribution is -2.35. The van der Waals surface area contributed by atoms with Crippen molar-refractivity contribution < 1.29 is 9.52 Å². The van der Waals surface area contributed by atoms with Gasteiger partial charge >= 0.3 is 0 Å². The molecule has 1 saturated carbocycles. The van der Waals surface area contributed by atoms with Gasteiger partial charge in [-0.1, -0.05) is 12.8 Å². The number of carbonyl (C=O) groups excluding carboxylic acids is 1. The maximum atomic E-state index is 11.8. The van der Waals surface area contributed by atoms with E-state index in [-0.39, 0.29) is 17.1 Å². The van der Waals surface area contributed by atoms with Gasteiger partial charge in [-0.15, -0.1) is 0 Å². The number of rotatable bonds is 2. The fraction of sp³-hybridized carbons (Fsp3) is 0.455. The van der Waals surface area contributed by atoms with Crippen LogP contribution in [0.2, 0.25) is 5.15 Å². The van der Waals surface area contributed by atoms with Gasteiger partial charge in [0, 0.05) is 12.1 Å². The number of hydrogen-bond acceptors (Lipinski definition) is 2. The summed E-state index contributed by atoms with van der Waals surface area (Å²) in [6.07, 6.45) is 5.57. The molecule has 1 aliphatic carbocycles. The standard InChI is InChI=1S/C11H13ClN2O2/c12-10-6-5-8(7-14(10)16)11(15)13-9-3-1-2-4-9/h5-7,9H,1-4H2,(H,13,15). The first kappa shape index (κ1) is 11.2. The SMILES string of the molecule is O=C(NC1CCCC1)c1ccc(Cl)[n+]([O-])c1. The first-order valence-electron chi connectivity index (χ1n) is 5.36. The van der Waals surface area contributed by atoms with Crippen molar-refractivity contribution in [1.82, 2.24) is 5.32 Å². The third-order valence-electron chi connectivity index (χ3n) is 2.82. The highest BCUT2D eigenvalue weighted by Crippen LogP contribution is 2.18. The summed E-state index contributed by atoms with van der Waals surface area (Å²) in [5.74, 6) is -0.201. The van der Waals surface area contributed by atoms with Crippen LogP contribution in [-0.2, 0) is 0 Å². The van der Waals surface area contributed by atoms with Crippen LogP contribution in [-0.4, -0.2) is 11.9 Å². The van der Waals surface area contributed by atoms with E-state index in [2.05, 4.69) is 5.32 Å². The van der Waals surface area contributed by atoms with E-state index in [1.807, 2.05) is 0 Å². The Balaban J connectivity index is 2.05. The molecule has 4 nitrogen and oxygen atoms in total. The predicted molar refractivity (Wildman–Crippen MR) is 60.1 cm³/mol. The molecule has 86 valence electrons. The second-order valence-electron chi connectivity index (χ2n) is 4.02. The largest absolute Gasteiger partial charge is 0.618 e. The summed E-state index contributed by atoms with van der Waals surface area (Å²) in [5.41, 5.74) is 0.353. The normalized spacial score (nSPS) is 16.3. The molecule has 0 aromatic carbocycles. The van der Waals surface area contributed by atoms with Crippen LogP contribution in [0, 0.1) is 5.21 Å². The van der Waals surface area contributed by atoms with Gasteiger partial charge in [0.25, 0.3) is 11.1 Å². The maximum absolute atomic E-state index is 11.8. The smallest absolute Gasteiger partial charge is 0.286 e. The summed E-state index contributed by atoms with van der Waals surface area (Å²) < 4.78 is 0.491. The van der Waals surface area contributed by atoms with E-state index in [0.717, 1.165) is 25.7 Å². The van der Waals surface area contributed by atoms with Gasteiger partial charge in [0.2, 0.25) is 0 Å². The molecule has 0 spiro atoms. The van der Waals surface area contributed by atoms with Gasteiger partial charge in [-0.05, 0) is 30.5 Å². The molecule has 0 bridgehead atoms. The van der Waals surface area contributed by atoms with Crippen molar-refractivity contribution in [2.75, 3.05) is 0 Å². The Morgan fingerprint density at radius 2 is 2.12 bits per heavy atom. The molecule has 1 N–H and O–H groups in total. The van der Waals surface area contributed by atoms with Gasteiger partial charge in [-0.2, -0.15) is 4.73 Å². The van der Waals surface area contributed by atoms with Crippen LogP contribution in [0.3, 0.4) is 0 Å². The highest BCUT2D eigenvalue weighted by Gasteiger charge is 2.19. The monoisotopic (exact) mass is 240 g/mol. The lowest BCUT2D eigenvalue weighted by Gasteiger charge is -2.11. The summed E-state index contributed by atoms with van der Waals surface area (Å²) >= 11 is 5.57. The zero-order valence-electron chi connectivity index (χ0n) is 8.78. The molecule has 0 unspecified atom stereocenters. The zero-order chi connectivity index (χ0) is 11.5. The van der Waals surface area contributed by atoms with Gasteiger partial charge in [0.15, 0.2) is 6.20 Å². The number of pyridine rings is 1. The minimum atomic E-state index is -0.201. The number of nitrogens with one attached hydrogen (secondary N) is 1. The van der Waals surface area contributed by atoms with E-state index in [9.17, 15) is 10.0 Å². The third-order valence-corrected chi connectivity index (χ3v) is 3.11. The van der Waals surface area contributed by atoms with Gasteiger partial charge in [-0.25, -0.2) is 0 Å². The Morgan fingerprint density at radius 3 is 2.75 bits per heavy atom. The number of hydrogen-bond donors (Lipinski definition) is 1. The zero-order valence-corrected chi connectivity index (χ0v) is 9.54. The Bertz CT molecular complexity index is 403. The second kappa shape index (κ2) is 4.70. The molecule has 16 heavy (non-hydrogen) atoms. The molecule has 0 saturated heterocycles. The highest BCUT2D eigenvalue weighted by molar-refractivity contribution is 6.28. The molecule has 0 atom stereocenters. The fourth-order valence-corrected chi connectivity index (χ4v) is 2.05. The topological polar surface area (TPSA) is 56.0 Å². The number of nitrogens with zero attached hydrogens (tertiary/aromatic N) is 1. The lowest BCUT2D eigenvalue weighted by atomic mass is 10.2. The molecule has 1 aromatic heterocycles. The van der Waals surface area contributed by atoms with Crippen molar-refractivity contribution in [2.45, 2.75) is 31.7 Å². The molecular weight excluding hydrogens is 228 g/mol. The molecule has 2 rings (SSSR count). The van der Waals surface area contributed by atoms with Crippen molar-refractivity contribution >= 4 is 17.5 Å². The molecule has 1 amide bonds. The van der Waals surface area contributed by atoms with Crippen molar-refractivity contribution in [1.29, 1.82) is 0 Å².